The van der Waals surface area contributed by atoms with Gasteiger partial charge in [-0.3, -0.25) is 10.00 Å². The predicted octanol–water partition coefficient (Wildman–Crippen LogP) is 3.96. The van der Waals surface area contributed by atoms with E-state index in [1.165, 1.54) is 18.5 Å². The van der Waals surface area contributed by atoms with Crippen molar-refractivity contribution >= 4 is 22.5 Å². The van der Waals surface area contributed by atoms with Crippen molar-refractivity contribution in [2.75, 3.05) is 31.6 Å². The Morgan fingerprint density at radius 2 is 2.11 bits per heavy atom. The molecule has 1 atom stereocenters. The van der Waals surface area contributed by atoms with Gasteiger partial charge in [0.1, 0.15) is 42.3 Å². The van der Waals surface area contributed by atoms with Crippen LogP contribution in [0.4, 0.5) is 15.9 Å². The van der Waals surface area contributed by atoms with E-state index in [4.69, 9.17) is 9.47 Å². The number of hydrogen-bond donors (Lipinski definition) is 3. The predicted molar refractivity (Wildman–Crippen MR) is 134 cm³/mol. The number of aliphatic hydroxyl groups excluding tert-OH is 1. The van der Waals surface area contributed by atoms with Crippen LogP contribution in [0.2, 0.25) is 0 Å². The Morgan fingerprint density at radius 1 is 1.19 bits per heavy atom. The van der Waals surface area contributed by atoms with E-state index >= 15 is 0 Å². The number of nitrogens with zero attached hydrogens (tertiary/aromatic N) is 4. The van der Waals surface area contributed by atoms with Crippen molar-refractivity contribution in [2.45, 2.75) is 32.4 Å². The fraction of sp³-hybridized carbons (Fsp3) is 0.346. The van der Waals surface area contributed by atoms with Crippen LogP contribution in [0.15, 0.2) is 48.8 Å². The number of likely N-dealkylation sites (tertiary alicyclic amines) is 1. The fourth-order valence-electron chi connectivity index (χ4n) is 4.50. The molecule has 0 radical (unpaired) electrons. The Bertz CT molecular complexity index is 1330. The molecular formula is C26H29FN6O3. The van der Waals surface area contributed by atoms with Gasteiger partial charge in [-0.2, -0.15) is 0 Å². The second-order valence-electron chi connectivity index (χ2n) is 8.86. The molecule has 0 spiro atoms. The van der Waals surface area contributed by atoms with Crippen molar-refractivity contribution in [2.24, 2.45) is 0 Å². The number of H-pyrrole nitrogens is 1. The number of aryl methyl sites for hydroxylation is 1. The Kier molecular flexibility index (Phi) is 7.24. The van der Waals surface area contributed by atoms with Crippen molar-refractivity contribution in [3.05, 3.63) is 65.7 Å². The van der Waals surface area contributed by atoms with Crippen molar-refractivity contribution in [3.8, 4) is 11.6 Å². The first-order chi connectivity index (χ1) is 17.6. The summed E-state index contributed by atoms with van der Waals surface area (Å²) in [6, 6.07) is 12.3. The second kappa shape index (κ2) is 10.9. The van der Waals surface area contributed by atoms with Gasteiger partial charge in [0.2, 0.25) is 5.88 Å². The van der Waals surface area contributed by atoms with Crippen molar-refractivity contribution < 1.29 is 19.0 Å². The number of fused-ring (bicyclic) bond motifs is 1. The third-order valence-corrected chi connectivity index (χ3v) is 6.37. The summed E-state index contributed by atoms with van der Waals surface area (Å²) in [5.74, 6) is 1.44. The van der Waals surface area contributed by atoms with E-state index < -0.39 is 0 Å². The quantitative estimate of drug-likeness (QED) is 0.305. The van der Waals surface area contributed by atoms with E-state index in [0.717, 1.165) is 36.2 Å². The third kappa shape index (κ3) is 5.39. The lowest BCUT2D eigenvalue weighted by atomic mass is 10.2. The van der Waals surface area contributed by atoms with Crippen LogP contribution in [0.1, 0.15) is 24.0 Å². The number of aromatic amines is 1. The summed E-state index contributed by atoms with van der Waals surface area (Å²) in [4.78, 5) is 10.9. The summed E-state index contributed by atoms with van der Waals surface area (Å²) >= 11 is 0. The molecule has 0 unspecified atom stereocenters. The van der Waals surface area contributed by atoms with E-state index in [1.807, 2.05) is 31.2 Å². The molecule has 0 saturated carbocycles. The molecule has 3 N–H and O–H groups in total. The molecule has 1 aliphatic heterocycles. The van der Waals surface area contributed by atoms with Gasteiger partial charge in [0.15, 0.2) is 5.65 Å². The van der Waals surface area contributed by atoms with Crippen LogP contribution in [0.5, 0.6) is 11.6 Å². The number of nitrogens with one attached hydrogen (secondary N) is 2. The highest BCUT2D eigenvalue weighted by molar-refractivity contribution is 5.92. The molecule has 1 fully saturated rings. The Labute approximate surface area is 208 Å². The van der Waals surface area contributed by atoms with E-state index in [9.17, 15) is 9.50 Å². The molecule has 36 heavy (non-hydrogen) atoms. The zero-order valence-corrected chi connectivity index (χ0v) is 20.1. The number of anilines is 2. The highest BCUT2D eigenvalue weighted by Gasteiger charge is 2.23. The van der Waals surface area contributed by atoms with Gasteiger partial charge < -0.3 is 19.9 Å². The van der Waals surface area contributed by atoms with Gasteiger partial charge in [-0.1, -0.05) is 12.1 Å². The molecule has 9 nitrogen and oxygen atoms in total. The van der Waals surface area contributed by atoms with Gasteiger partial charge in [-0.05, 0) is 67.8 Å². The second-order valence-corrected chi connectivity index (χ2v) is 8.86. The van der Waals surface area contributed by atoms with Gasteiger partial charge in [-0.15, -0.1) is 5.10 Å². The van der Waals surface area contributed by atoms with E-state index in [1.54, 1.807) is 6.07 Å². The van der Waals surface area contributed by atoms with Crippen LogP contribution in [-0.2, 0) is 6.61 Å². The summed E-state index contributed by atoms with van der Waals surface area (Å²) in [6.07, 6.45) is 3.57. The van der Waals surface area contributed by atoms with Gasteiger partial charge in [0.05, 0.1) is 6.61 Å². The van der Waals surface area contributed by atoms with Crippen LogP contribution in [0, 0.1) is 12.7 Å². The van der Waals surface area contributed by atoms with Crippen LogP contribution in [0.25, 0.3) is 11.0 Å². The standard InChI is InChI=1S/C26H29FN6O3/c1-17-12-20(7-8-22(17)36-15-18-4-2-5-19(27)13-18)30-24-23-25(29-16-28-24)31-32-26(23)35-11-10-33-9-3-6-21(33)14-34/h2,4-5,7-8,12-13,16,21,34H,3,6,9-11,14-15H2,1H3,(H2,28,29,30,31,32)/t21-/m1/s1. The average Bonchev–Trinajstić information content (AvgIpc) is 3.51. The fourth-order valence-corrected chi connectivity index (χ4v) is 4.50. The van der Waals surface area contributed by atoms with Gasteiger partial charge in [-0.25, -0.2) is 14.4 Å². The third-order valence-electron chi connectivity index (χ3n) is 6.37. The molecule has 188 valence electrons. The smallest absolute Gasteiger partial charge is 0.246 e. The van der Waals surface area contributed by atoms with Crippen LogP contribution >= 0.6 is 0 Å². The van der Waals surface area contributed by atoms with Crippen molar-refractivity contribution in [1.82, 2.24) is 25.1 Å². The molecule has 2 aromatic heterocycles. The lowest BCUT2D eigenvalue weighted by molar-refractivity contribution is 0.138. The Hall–Kier alpha value is -3.76. The summed E-state index contributed by atoms with van der Waals surface area (Å²) in [5, 5.41) is 20.7. The lowest BCUT2D eigenvalue weighted by Crippen LogP contribution is -2.35. The molecule has 2 aromatic carbocycles. The Balaban J connectivity index is 1.26. The van der Waals surface area contributed by atoms with E-state index in [0.29, 0.717) is 41.6 Å². The maximum Gasteiger partial charge on any atom is 0.246 e. The first-order valence-electron chi connectivity index (χ1n) is 12.0. The van der Waals surface area contributed by atoms with E-state index in [2.05, 4.69) is 30.4 Å². The van der Waals surface area contributed by atoms with Crippen LogP contribution in [-0.4, -0.2) is 62.5 Å². The summed E-state index contributed by atoms with van der Waals surface area (Å²) in [7, 11) is 0. The summed E-state index contributed by atoms with van der Waals surface area (Å²) in [5.41, 5.74) is 3.09. The number of benzene rings is 2. The molecule has 0 amide bonds. The summed E-state index contributed by atoms with van der Waals surface area (Å²) in [6.45, 7) is 4.53. The topological polar surface area (TPSA) is 108 Å². The first kappa shape index (κ1) is 24.0. The Morgan fingerprint density at radius 3 is 2.94 bits per heavy atom. The highest BCUT2D eigenvalue weighted by Crippen LogP contribution is 2.31. The molecule has 1 aliphatic rings. The number of aromatic nitrogens is 4. The first-order valence-corrected chi connectivity index (χ1v) is 12.0. The molecule has 10 heteroatoms. The number of halogens is 1. The highest BCUT2D eigenvalue weighted by atomic mass is 19.1. The zero-order chi connectivity index (χ0) is 24.9. The van der Waals surface area contributed by atoms with E-state index in [-0.39, 0.29) is 25.1 Å². The molecule has 3 heterocycles. The molecule has 5 rings (SSSR count). The minimum absolute atomic E-state index is 0.168. The van der Waals surface area contributed by atoms with Crippen molar-refractivity contribution in [3.63, 3.8) is 0 Å². The molecule has 0 aliphatic carbocycles. The monoisotopic (exact) mass is 492 g/mol. The van der Waals surface area contributed by atoms with Gasteiger partial charge in [0.25, 0.3) is 0 Å². The lowest BCUT2D eigenvalue weighted by Gasteiger charge is -2.22. The molecule has 4 aromatic rings. The van der Waals surface area contributed by atoms with Crippen LogP contribution < -0.4 is 14.8 Å². The van der Waals surface area contributed by atoms with Gasteiger partial charge >= 0.3 is 0 Å². The van der Waals surface area contributed by atoms with Crippen LogP contribution in [0.3, 0.4) is 0 Å². The normalized spacial score (nSPS) is 15.9. The average molecular weight is 493 g/mol. The molecule has 0 bridgehead atoms. The number of ether oxygens (including phenoxy) is 2. The SMILES string of the molecule is Cc1cc(Nc2ncnc3[nH]nc(OCCN4CCC[C@@H]4CO)c23)ccc1OCc1cccc(F)c1. The minimum atomic E-state index is -0.281. The van der Waals surface area contributed by atoms with Crippen molar-refractivity contribution in [1.29, 1.82) is 0 Å². The summed E-state index contributed by atoms with van der Waals surface area (Å²) < 4.78 is 25.3. The zero-order valence-electron chi connectivity index (χ0n) is 20.1. The maximum absolute atomic E-state index is 13.4. The minimum Gasteiger partial charge on any atom is -0.489 e. The largest absolute Gasteiger partial charge is 0.489 e. The molecule has 1 saturated heterocycles. The van der Waals surface area contributed by atoms with Gasteiger partial charge in [0, 0.05) is 18.3 Å². The number of rotatable bonds is 10. The number of hydrogen-bond acceptors (Lipinski definition) is 8. The maximum atomic E-state index is 13.4. The molecular weight excluding hydrogens is 463 g/mol. The number of aliphatic hydroxyl groups is 1.